The Balaban J connectivity index is 1.68. The third kappa shape index (κ3) is 1.34. The van der Waals surface area contributed by atoms with Gasteiger partial charge in [-0.05, 0) is 36.2 Å². The van der Waals surface area contributed by atoms with Gasteiger partial charge in [-0.15, -0.1) is 0 Å². The summed E-state index contributed by atoms with van der Waals surface area (Å²) < 4.78 is 0. The SMILES string of the molecule is C[C@@]12CC[C@@H]3C[C@@]1(C#N)N(C(=O)Cc1ccccc1)C[C@@]32C. The van der Waals surface area contributed by atoms with Crippen LogP contribution in [0.2, 0.25) is 0 Å². The van der Waals surface area contributed by atoms with Crippen molar-refractivity contribution in [2.45, 2.75) is 45.1 Å². The summed E-state index contributed by atoms with van der Waals surface area (Å²) in [5, 5.41) is 9.99. The van der Waals surface area contributed by atoms with Crippen LogP contribution in [0.3, 0.4) is 0 Å². The van der Waals surface area contributed by atoms with Gasteiger partial charge in [-0.2, -0.15) is 5.26 Å². The van der Waals surface area contributed by atoms with E-state index in [1.54, 1.807) is 0 Å². The largest absolute Gasteiger partial charge is 0.323 e. The minimum absolute atomic E-state index is 0.0359. The number of nitriles is 1. The Kier molecular flexibility index (Phi) is 2.59. The quantitative estimate of drug-likeness (QED) is 0.841. The molecule has 3 aliphatic rings. The summed E-state index contributed by atoms with van der Waals surface area (Å²) in [6.07, 6.45) is 3.58. The van der Waals surface area contributed by atoms with Crippen LogP contribution in [0.25, 0.3) is 0 Å². The van der Waals surface area contributed by atoms with E-state index in [4.69, 9.17) is 0 Å². The van der Waals surface area contributed by atoms with Crippen LogP contribution in [-0.2, 0) is 11.2 Å². The number of carbonyl (C=O) groups excluding carboxylic acids is 1. The second-order valence-corrected chi connectivity index (χ2v) is 7.80. The van der Waals surface area contributed by atoms with Gasteiger partial charge in [0.05, 0.1) is 12.5 Å². The van der Waals surface area contributed by atoms with Gasteiger partial charge in [0.15, 0.2) is 0 Å². The Morgan fingerprint density at radius 1 is 1.36 bits per heavy atom. The number of rotatable bonds is 2. The van der Waals surface area contributed by atoms with Crippen molar-refractivity contribution in [2.24, 2.45) is 16.7 Å². The summed E-state index contributed by atoms with van der Waals surface area (Å²) >= 11 is 0. The van der Waals surface area contributed by atoms with Crippen LogP contribution >= 0.6 is 0 Å². The predicted molar refractivity (Wildman–Crippen MR) is 83.8 cm³/mol. The first-order valence-corrected chi connectivity index (χ1v) is 8.22. The molecule has 1 aromatic rings. The van der Waals surface area contributed by atoms with Gasteiger partial charge in [-0.3, -0.25) is 4.79 Å². The highest BCUT2D eigenvalue weighted by Crippen LogP contribution is 2.75. The van der Waals surface area contributed by atoms with E-state index in [1.165, 1.54) is 6.42 Å². The zero-order valence-corrected chi connectivity index (χ0v) is 13.3. The average molecular weight is 294 g/mol. The summed E-state index contributed by atoms with van der Waals surface area (Å²) in [6, 6.07) is 12.4. The number of piperidine rings is 1. The van der Waals surface area contributed by atoms with Gasteiger partial charge >= 0.3 is 0 Å². The molecule has 2 aliphatic carbocycles. The fourth-order valence-corrected chi connectivity index (χ4v) is 5.68. The van der Waals surface area contributed by atoms with Crippen molar-refractivity contribution in [1.29, 1.82) is 5.26 Å². The molecule has 0 N–H and O–H groups in total. The molecule has 3 nitrogen and oxygen atoms in total. The van der Waals surface area contributed by atoms with Gasteiger partial charge in [0.1, 0.15) is 5.54 Å². The minimum atomic E-state index is -0.573. The molecule has 1 aromatic carbocycles. The molecule has 0 spiro atoms. The average Bonchev–Trinajstić information content (AvgIpc) is 2.97. The van der Waals surface area contributed by atoms with Crippen molar-refractivity contribution in [1.82, 2.24) is 4.90 Å². The molecule has 4 atom stereocenters. The fourth-order valence-electron chi connectivity index (χ4n) is 5.68. The molecule has 3 heteroatoms. The monoisotopic (exact) mass is 294 g/mol. The zero-order chi connectivity index (χ0) is 15.6. The number of hydrogen-bond acceptors (Lipinski definition) is 2. The second-order valence-electron chi connectivity index (χ2n) is 7.80. The molecule has 0 radical (unpaired) electrons. The molecule has 114 valence electrons. The first-order valence-electron chi connectivity index (χ1n) is 8.22. The Morgan fingerprint density at radius 2 is 2.09 bits per heavy atom. The summed E-state index contributed by atoms with van der Waals surface area (Å²) in [4.78, 5) is 14.8. The minimum Gasteiger partial charge on any atom is -0.323 e. The summed E-state index contributed by atoms with van der Waals surface area (Å²) in [5.74, 6) is 0.723. The Morgan fingerprint density at radius 3 is 2.73 bits per heavy atom. The van der Waals surface area contributed by atoms with E-state index in [-0.39, 0.29) is 16.7 Å². The van der Waals surface area contributed by atoms with E-state index in [2.05, 4.69) is 19.9 Å². The predicted octanol–water partition coefficient (Wildman–Crippen LogP) is 3.16. The number of carbonyl (C=O) groups is 1. The maximum atomic E-state index is 12.9. The lowest BCUT2D eigenvalue weighted by molar-refractivity contribution is -0.136. The van der Waals surface area contributed by atoms with Gasteiger partial charge in [0.2, 0.25) is 5.91 Å². The Labute approximate surface area is 131 Å². The highest BCUT2D eigenvalue weighted by Gasteiger charge is 2.78. The molecule has 1 amide bonds. The lowest BCUT2D eigenvalue weighted by atomic mass is 9.66. The normalized spacial score (nSPS) is 41.7. The number of likely N-dealkylation sites (tertiary alicyclic amines) is 1. The second kappa shape index (κ2) is 4.13. The van der Waals surface area contributed by atoms with Crippen molar-refractivity contribution >= 4 is 5.91 Å². The van der Waals surface area contributed by atoms with Gasteiger partial charge < -0.3 is 4.90 Å². The van der Waals surface area contributed by atoms with Gasteiger partial charge in [0, 0.05) is 12.0 Å². The van der Waals surface area contributed by atoms with Crippen LogP contribution in [0.1, 0.15) is 38.7 Å². The first-order chi connectivity index (χ1) is 10.5. The third-order valence-corrected chi connectivity index (χ3v) is 7.24. The standard InChI is InChI=1S/C19H22N2O/c1-17-13-21(16(22)10-14-6-4-3-5-7-14)19(12-20)11-15(17)8-9-18(17,19)2/h3-7,15H,8-11,13H2,1-2H3/t15-,17+,18+,19+/m1/s1. The first kappa shape index (κ1) is 13.8. The summed E-state index contributed by atoms with van der Waals surface area (Å²) in [6.45, 7) is 5.31. The van der Waals surface area contributed by atoms with Crippen molar-refractivity contribution in [3.05, 3.63) is 35.9 Å². The molecule has 4 rings (SSSR count). The van der Waals surface area contributed by atoms with Crippen LogP contribution < -0.4 is 0 Å². The molecule has 3 fully saturated rings. The van der Waals surface area contributed by atoms with Crippen LogP contribution in [0.4, 0.5) is 0 Å². The topological polar surface area (TPSA) is 44.1 Å². The summed E-state index contributed by atoms with van der Waals surface area (Å²) in [7, 11) is 0. The van der Waals surface area contributed by atoms with E-state index < -0.39 is 5.54 Å². The van der Waals surface area contributed by atoms with Crippen molar-refractivity contribution in [3.8, 4) is 6.07 Å². The van der Waals surface area contributed by atoms with Gasteiger partial charge in [-0.25, -0.2) is 0 Å². The van der Waals surface area contributed by atoms with E-state index in [0.29, 0.717) is 12.3 Å². The van der Waals surface area contributed by atoms with Crippen molar-refractivity contribution < 1.29 is 4.79 Å². The highest BCUT2D eigenvalue weighted by atomic mass is 16.2. The highest BCUT2D eigenvalue weighted by molar-refractivity contribution is 5.81. The fraction of sp³-hybridized carbons (Fsp3) is 0.579. The lowest BCUT2D eigenvalue weighted by Gasteiger charge is -2.43. The molecular weight excluding hydrogens is 272 g/mol. The molecule has 2 saturated carbocycles. The molecule has 1 heterocycles. The number of nitrogens with zero attached hydrogens (tertiary/aromatic N) is 2. The zero-order valence-electron chi connectivity index (χ0n) is 13.3. The maximum Gasteiger partial charge on any atom is 0.228 e. The van der Waals surface area contributed by atoms with E-state index in [1.807, 2.05) is 35.2 Å². The smallest absolute Gasteiger partial charge is 0.228 e. The van der Waals surface area contributed by atoms with Gasteiger partial charge in [-0.1, -0.05) is 44.2 Å². The van der Waals surface area contributed by atoms with Crippen molar-refractivity contribution in [3.63, 3.8) is 0 Å². The maximum absolute atomic E-state index is 12.9. The van der Waals surface area contributed by atoms with Crippen LogP contribution in [0.5, 0.6) is 0 Å². The molecule has 1 aliphatic heterocycles. The molecule has 0 aromatic heterocycles. The Bertz CT molecular complexity index is 678. The number of benzene rings is 1. The van der Waals surface area contributed by atoms with Crippen LogP contribution in [0, 0.1) is 28.1 Å². The van der Waals surface area contributed by atoms with Gasteiger partial charge in [0.25, 0.3) is 0 Å². The third-order valence-electron chi connectivity index (χ3n) is 7.24. The van der Waals surface area contributed by atoms with E-state index in [0.717, 1.165) is 24.9 Å². The van der Waals surface area contributed by atoms with Crippen LogP contribution in [0.15, 0.2) is 30.3 Å². The lowest BCUT2D eigenvalue weighted by Crippen LogP contribution is -2.55. The molecular formula is C19H22N2O. The number of hydrogen-bond donors (Lipinski definition) is 0. The van der Waals surface area contributed by atoms with Crippen LogP contribution in [-0.4, -0.2) is 22.9 Å². The molecule has 1 saturated heterocycles. The molecule has 22 heavy (non-hydrogen) atoms. The number of amides is 1. The molecule has 0 unspecified atom stereocenters. The molecule has 4 bridgehead atoms. The summed E-state index contributed by atoms with van der Waals surface area (Å²) in [5.41, 5.74) is 0.543. The van der Waals surface area contributed by atoms with E-state index in [9.17, 15) is 10.1 Å². The van der Waals surface area contributed by atoms with Crippen molar-refractivity contribution in [2.75, 3.05) is 6.54 Å². The van der Waals surface area contributed by atoms with E-state index >= 15 is 0 Å². The Hall–Kier alpha value is -1.82.